The highest BCUT2D eigenvalue weighted by atomic mass is 19.1. The van der Waals surface area contributed by atoms with Gasteiger partial charge in [-0.2, -0.15) is 0 Å². The van der Waals surface area contributed by atoms with Crippen LogP contribution in [0.15, 0.2) is 61.1 Å². The molecule has 0 atom stereocenters. The molecular weight excluding hydrogens is 331 g/mol. The Morgan fingerprint density at radius 3 is 2.73 bits per heavy atom. The first-order chi connectivity index (χ1) is 12.6. The molecule has 1 aromatic carbocycles. The average molecular weight is 350 g/mol. The highest BCUT2D eigenvalue weighted by Gasteiger charge is 2.10. The average Bonchev–Trinajstić information content (AvgIpc) is 2.65. The fourth-order valence-electron chi connectivity index (χ4n) is 2.43. The molecule has 6 heteroatoms. The molecule has 3 rings (SSSR count). The number of pyridine rings is 2. The lowest BCUT2D eigenvalue weighted by Gasteiger charge is -2.10. The zero-order valence-corrected chi connectivity index (χ0v) is 14.4. The molecule has 2 heterocycles. The highest BCUT2D eigenvalue weighted by Crippen LogP contribution is 2.17. The minimum absolute atomic E-state index is 0.251. The molecule has 0 aliphatic carbocycles. The van der Waals surface area contributed by atoms with Crippen LogP contribution in [0.1, 0.15) is 21.6 Å². The van der Waals surface area contributed by atoms with Crippen molar-refractivity contribution in [2.75, 3.05) is 17.2 Å². The minimum atomic E-state index is -0.467. The van der Waals surface area contributed by atoms with Gasteiger partial charge in [0, 0.05) is 30.2 Å². The summed E-state index contributed by atoms with van der Waals surface area (Å²) in [7, 11) is 0. The number of aryl methyl sites for hydroxylation is 1. The van der Waals surface area contributed by atoms with Gasteiger partial charge in [0.25, 0.3) is 5.91 Å². The molecule has 26 heavy (non-hydrogen) atoms. The first-order valence-electron chi connectivity index (χ1n) is 8.28. The first kappa shape index (κ1) is 17.5. The topological polar surface area (TPSA) is 66.9 Å². The van der Waals surface area contributed by atoms with Crippen LogP contribution in [0.25, 0.3) is 0 Å². The number of hydrogen-bond donors (Lipinski definition) is 2. The van der Waals surface area contributed by atoms with Gasteiger partial charge in [0.2, 0.25) is 0 Å². The van der Waals surface area contributed by atoms with Gasteiger partial charge in [-0.25, -0.2) is 4.39 Å². The summed E-state index contributed by atoms with van der Waals surface area (Å²) in [6.45, 7) is 2.43. The largest absolute Gasteiger partial charge is 0.382 e. The molecule has 0 fully saturated rings. The molecule has 0 aliphatic rings. The number of halogens is 1. The number of hydrogen-bond acceptors (Lipinski definition) is 4. The fraction of sp³-hybridized carbons (Fsp3) is 0.150. The molecule has 5 nitrogen and oxygen atoms in total. The van der Waals surface area contributed by atoms with E-state index in [2.05, 4.69) is 20.6 Å². The quantitative estimate of drug-likeness (QED) is 0.709. The Morgan fingerprint density at radius 2 is 2.04 bits per heavy atom. The molecule has 1 amide bonds. The van der Waals surface area contributed by atoms with Crippen molar-refractivity contribution in [2.45, 2.75) is 13.3 Å². The van der Waals surface area contributed by atoms with Crippen LogP contribution in [0, 0.1) is 12.7 Å². The van der Waals surface area contributed by atoms with Gasteiger partial charge in [-0.3, -0.25) is 14.8 Å². The Labute approximate surface area is 151 Å². The maximum absolute atomic E-state index is 14.3. The number of anilines is 2. The van der Waals surface area contributed by atoms with E-state index in [1.54, 1.807) is 42.9 Å². The Kier molecular flexibility index (Phi) is 5.53. The second-order valence-corrected chi connectivity index (χ2v) is 5.88. The molecule has 2 aromatic heterocycles. The van der Waals surface area contributed by atoms with Crippen LogP contribution in [0.2, 0.25) is 0 Å². The molecule has 3 aromatic rings. The predicted molar refractivity (Wildman–Crippen MR) is 99.8 cm³/mol. The van der Waals surface area contributed by atoms with E-state index in [1.165, 1.54) is 6.07 Å². The summed E-state index contributed by atoms with van der Waals surface area (Å²) in [5, 5.41) is 5.74. The van der Waals surface area contributed by atoms with E-state index >= 15 is 0 Å². The Bertz CT molecular complexity index is 882. The molecule has 2 N–H and O–H groups in total. The van der Waals surface area contributed by atoms with Crippen LogP contribution < -0.4 is 10.6 Å². The van der Waals surface area contributed by atoms with Gasteiger partial charge in [-0.05, 0) is 55.3 Å². The molecule has 0 saturated carbocycles. The van der Waals surface area contributed by atoms with E-state index in [1.807, 2.05) is 19.1 Å². The number of amides is 1. The smallest absolute Gasteiger partial charge is 0.255 e. The molecule has 132 valence electrons. The molecule has 0 aliphatic heterocycles. The maximum Gasteiger partial charge on any atom is 0.255 e. The normalized spacial score (nSPS) is 10.4. The van der Waals surface area contributed by atoms with Crippen LogP contribution >= 0.6 is 0 Å². The van der Waals surface area contributed by atoms with Gasteiger partial charge < -0.3 is 10.6 Å². The fourth-order valence-corrected chi connectivity index (χ4v) is 2.43. The summed E-state index contributed by atoms with van der Waals surface area (Å²) in [5.41, 5.74) is 3.11. The number of nitrogens with zero attached hydrogens (tertiary/aromatic N) is 2. The van der Waals surface area contributed by atoms with E-state index in [4.69, 9.17) is 0 Å². The van der Waals surface area contributed by atoms with Crippen molar-refractivity contribution in [3.63, 3.8) is 0 Å². The Hall–Kier alpha value is -3.28. The van der Waals surface area contributed by atoms with Crippen LogP contribution in [0.4, 0.5) is 15.8 Å². The van der Waals surface area contributed by atoms with E-state index < -0.39 is 5.82 Å². The third-order valence-electron chi connectivity index (χ3n) is 3.85. The lowest BCUT2D eigenvalue weighted by atomic mass is 10.1. The summed E-state index contributed by atoms with van der Waals surface area (Å²) in [6.07, 6.45) is 5.80. The van der Waals surface area contributed by atoms with Crippen molar-refractivity contribution in [1.29, 1.82) is 0 Å². The number of aromatic nitrogens is 2. The third-order valence-corrected chi connectivity index (χ3v) is 3.85. The predicted octanol–water partition coefficient (Wildman–Crippen LogP) is 3.83. The van der Waals surface area contributed by atoms with Crippen molar-refractivity contribution in [1.82, 2.24) is 9.97 Å². The minimum Gasteiger partial charge on any atom is -0.382 e. The van der Waals surface area contributed by atoms with Crippen molar-refractivity contribution < 1.29 is 9.18 Å². The standard InChI is InChI=1S/C20H19FN4O/c1-14-4-6-17(13-24-14)25-20(26)16-5-7-19(18(21)11-16)23-10-8-15-3-2-9-22-12-15/h2-7,9,11-13,23H,8,10H2,1H3,(H,25,26). The van der Waals surface area contributed by atoms with E-state index in [0.29, 0.717) is 17.9 Å². The molecule has 0 bridgehead atoms. The van der Waals surface area contributed by atoms with Crippen molar-refractivity contribution >= 4 is 17.3 Å². The molecule has 0 unspecified atom stereocenters. The lowest BCUT2D eigenvalue weighted by molar-refractivity contribution is 0.102. The van der Waals surface area contributed by atoms with Gasteiger partial charge in [0.15, 0.2) is 0 Å². The summed E-state index contributed by atoms with van der Waals surface area (Å²) in [6, 6.07) is 11.8. The lowest BCUT2D eigenvalue weighted by Crippen LogP contribution is -2.13. The van der Waals surface area contributed by atoms with Gasteiger partial charge in [-0.1, -0.05) is 6.07 Å². The van der Waals surface area contributed by atoms with Crippen LogP contribution in [-0.2, 0) is 6.42 Å². The first-order valence-corrected chi connectivity index (χ1v) is 8.28. The Balaban J connectivity index is 1.59. The third kappa shape index (κ3) is 4.63. The summed E-state index contributed by atoms with van der Waals surface area (Å²) >= 11 is 0. The number of nitrogens with one attached hydrogen (secondary N) is 2. The molecular formula is C20H19FN4O. The molecule has 0 radical (unpaired) electrons. The summed E-state index contributed by atoms with van der Waals surface area (Å²) < 4.78 is 14.3. The summed E-state index contributed by atoms with van der Waals surface area (Å²) in [5.74, 6) is -0.845. The van der Waals surface area contributed by atoms with E-state index in [0.717, 1.165) is 17.7 Å². The highest BCUT2D eigenvalue weighted by molar-refractivity contribution is 6.04. The monoisotopic (exact) mass is 350 g/mol. The van der Waals surface area contributed by atoms with Gasteiger partial charge in [0.05, 0.1) is 17.6 Å². The van der Waals surface area contributed by atoms with Crippen molar-refractivity contribution in [3.05, 3.63) is 83.7 Å². The van der Waals surface area contributed by atoms with E-state index in [-0.39, 0.29) is 11.5 Å². The Morgan fingerprint density at radius 1 is 1.15 bits per heavy atom. The van der Waals surface area contributed by atoms with Crippen molar-refractivity contribution in [3.8, 4) is 0 Å². The van der Waals surface area contributed by atoms with Crippen LogP contribution in [0.3, 0.4) is 0 Å². The number of rotatable bonds is 6. The van der Waals surface area contributed by atoms with Gasteiger partial charge >= 0.3 is 0 Å². The maximum atomic E-state index is 14.3. The second kappa shape index (κ2) is 8.20. The second-order valence-electron chi connectivity index (χ2n) is 5.88. The van der Waals surface area contributed by atoms with Crippen molar-refractivity contribution in [2.24, 2.45) is 0 Å². The number of carbonyl (C=O) groups excluding carboxylic acids is 1. The zero-order chi connectivity index (χ0) is 18.4. The van der Waals surface area contributed by atoms with E-state index in [9.17, 15) is 9.18 Å². The SMILES string of the molecule is Cc1ccc(NC(=O)c2ccc(NCCc3cccnc3)c(F)c2)cn1. The number of carbonyl (C=O) groups is 1. The van der Waals surface area contributed by atoms with Crippen LogP contribution in [-0.4, -0.2) is 22.4 Å². The zero-order valence-electron chi connectivity index (χ0n) is 14.4. The van der Waals surface area contributed by atoms with Gasteiger partial charge in [-0.15, -0.1) is 0 Å². The van der Waals surface area contributed by atoms with Gasteiger partial charge in [0.1, 0.15) is 5.82 Å². The molecule has 0 saturated heterocycles. The number of benzene rings is 1. The summed E-state index contributed by atoms with van der Waals surface area (Å²) in [4.78, 5) is 20.4. The molecule has 0 spiro atoms. The van der Waals surface area contributed by atoms with Crippen LogP contribution in [0.5, 0.6) is 0 Å².